The van der Waals surface area contributed by atoms with Gasteiger partial charge in [-0.3, -0.25) is 0 Å². The van der Waals surface area contributed by atoms with Crippen molar-refractivity contribution in [2.45, 2.75) is 52.0 Å². The lowest BCUT2D eigenvalue weighted by atomic mass is 9.87. The molecule has 1 atom stereocenters. The van der Waals surface area contributed by atoms with Gasteiger partial charge in [0.05, 0.1) is 6.04 Å². The molecule has 3 rings (SSSR count). The quantitative estimate of drug-likeness (QED) is 0.845. The minimum atomic E-state index is 0.276. The third kappa shape index (κ3) is 3.06. The molecule has 2 nitrogen and oxygen atoms in total. The number of fused-ring (bicyclic) bond motifs is 1. The van der Waals surface area contributed by atoms with E-state index in [0.29, 0.717) is 0 Å². The van der Waals surface area contributed by atoms with Crippen LogP contribution in [-0.2, 0) is 12.8 Å². The lowest BCUT2D eigenvalue weighted by Crippen LogP contribution is -2.18. The zero-order valence-corrected chi connectivity index (χ0v) is 13.1. The number of benzene rings is 1. The highest BCUT2D eigenvalue weighted by atomic mass is 16.3. The van der Waals surface area contributed by atoms with E-state index in [2.05, 4.69) is 49.5 Å². The van der Waals surface area contributed by atoms with Crippen LogP contribution < -0.4 is 5.32 Å². The van der Waals surface area contributed by atoms with E-state index in [1.165, 1.54) is 42.4 Å². The molecule has 0 saturated carbocycles. The molecule has 1 aliphatic carbocycles. The van der Waals surface area contributed by atoms with E-state index in [0.717, 1.165) is 24.5 Å². The van der Waals surface area contributed by atoms with Gasteiger partial charge in [0.15, 0.2) is 0 Å². The summed E-state index contributed by atoms with van der Waals surface area (Å²) in [6.07, 6.45) is 6.16. The summed E-state index contributed by atoms with van der Waals surface area (Å²) in [7, 11) is 0. The van der Waals surface area contributed by atoms with Crippen molar-refractivity contribution < 1.29 is 4.42 Å². The molecular weight excluding hydrogens is 258 g/mol. The fourth-order valence-corrected chi connectivity index (χ4v) is 3.20. The molecular formula is C19H25NO. The molecule has 2 aromatic rings. The van der Waals surface area contributed by atoms with Crippen molar-refractivity contribution in [1.82, 2.24) is 5.32 Å². The van der Waals surface area contributed by atoms with E-state index < -0.39 is 0 Å². The summed E-state index contributed by atoms with van der Waals surface area (Å²) in [5.41, 5.74) is 4.30. The standard InChI is InChI=1S/C19H25NO/c1-3-13-20-14(2)18-11-12-19(21-18)17-10-6-8-15-7-4-5-9-16(15)17/h6,8,10-12,14,20H,3-5,7,9,13H2,1-2H3. The van der Waals surface area contributed by atoms with Crippen LogP contribution in [0.5, 0.6) is 0 Å². The van der Waals surface area contributed by atoms with Gasteiger partial charge in [-0.2, -0.15) is 0 Å². The number of aryl methyl sites for hydroxylation is 1. The van der Waals surface area contributed by atoms with Crippen molar-refractivity contribution in [1.29, 1.82) is 0 Å². The zero-order chi connectivity index (χ0) is 14.7. The Hall–Kier alpha value is -1.54. The van der Waals surface area contributed by atoms with Gasteiger partial charge in [0.25, 0.3) is 0 Å². The number of furan rings is 1. The van der Waals surface area contributed by atoms with Crippen molar-refractivity contribution in [2.24, 2.45) is 0 Å². The summed E-state index contributed by atoms with van der Waals surface area (Å²) in [5.74, 6) is 2.06. The first-order valence-corrected chi connectivity index (χ1v) is 8.24. The Morgan fingerprint density at radius 1 is 1.14 bits per heavy atom. The average molecular weight is 283 g/mol. The number of rotatable bonds is 5. The molecule has 0 spiro atoms. The first kappa shape index (κ1) is 14.4. The second-order valence-electron chi connectivity index (χ2n) is 6.03. The Morgan fingerprint density at radius 3 is 2.86 bits per heavy atom. The maximum atomic E-state index is 6.13. The fraction of sp³-hybridized carbons (Fsp3) is 0.474. The van der Waals surface area contributed by atoms with E-state index in [1.54, 1.807) is 0 Å². The predicted octanol–water partition coefficient (Wildman–Crippen LogP) is 4.89. The van der Waals surface area contributed by atoms with Crippen LogP contribution in [0.25, 0.3) is 11.3 Å². The number of nitrogens with one attached hydrogen (secondary N) is 1. The molecule has 2 heteroatoms. The first-order chi connectivity index (χ1) is 10.3. The summed E-state index contributed by atoms with van der Waals surface area (Å²) < 4.78 is 6.13. The molecule has 1 unspecified atom stereocenters. The topological polar surface area (TPSA) is 25.2 Å². The maximum absolute atomic E-state index is 6.13. The highest BCUT2D eigenvalue weighted by Gasteiger charge is 2.17. The molecule has 0 fully saturated rings. The average Bonchev–Trinajstić information content (AvgIpc) is 3.02. The van der Waals surface area contributed by atoms with Gasteiger partial charge in [-0.1, -0.05) is 25.1 Å². The number of hydrogen-bond donors (Lipinski definition) is 1. The van der Waals surface area contributed by atoms with Gasteiger partial charge >= 0.3 is 0 Å². The fourth-order valence-electron chi connectivity index (χ4n) is 3.20. The summed E-state index contributed by atoms with van der Waals surface area (Å²) in [6.45, 7) is 5.38. The molecule has 0 amide bonds. The van der Waals surface area contributed by atoms with E-state index in [9.17, 15) is 0 Å². The third-order valence-electron chi connectivity index (χ3n) is 4.42. The van der Waals surface area contributed by atoms with E-state index >= 15 is 0 Å². The van der Waals surface area contributed by atoms with Crippen LogP contribution in [-0.4, -0.2) is 6.54 Å². The van der Waals surface area contributed by atoms with Gasteiger partial charge in [0.2, 0.25) is 0 Å². The van der Waals surface area contributed by atoms with E-state index in [1.807, 2.05) is 0 Å². The van der Waals surface area contributed by atoms with Crippen molar-refractivity contribution in [3.63, 3.8) is 0 Å². The molecule has 0 aliphatic heterocycles. The molecule has 1 heterocycles. The lowest BCUT2D eigenvalue weighted by molar-refractivity contribution is 0.438. The molecule has 0 bridgehead atoms. The largest absolute Gasteiger partial charge is 0.459 e. The van der Waals surface area contributed by atoms with Crippen LogP contribution in [0.4, 0.5) is 0 Å². The molecule has 0 saturated heterocycles. The van der Waals surface area contributed by atoms with E-state index in [4.69, 9.17) is 4.42 Å². The highest BCUT2D eigenvalue weighted by molar-refractivity contribution is 5.64. The monoisotopic (exact) mass is 283 g/mol. The molecule has 0 radical (unpaired) electrons. The molecule has 1 N–H and O–H groups in total. The van der Waals surface area contributed by atoms with Crippen molar-refractivity contribution in [3.8, 4) is 11.3 Å². The molecule has 1 aliphatic rings. The lowest BCUT2D eigenvalue weighted by Gasteiger charge is -2.18. The van der Waals surface area contributed by atoms with Crippen molar-refractivity contribution >= 4 is 0 Å². The predicted molar refractivity (Wildman–Crippen MR) is 87.5 cm³/mol. The molecule has 1 aromatic carbocycles. The van der Waals surface area contributed by atoms with Gasteiger partial charge < -0.3 is 9.73 Å². The van der Waals surface area contributed by atoms with Crippen molar-refractivity contribution in [3.05, 3.63) is 47.2 Å². The first-order valence-electron chi connectivity index (χ1n) is 8.24. The Balaban J connectivity index is 1.86. The molecule has 21 heavy (non-hydrogen) atoms. The smallest absolute Gasteiger partial charge is 0.134 e. The van der Waals surface area contributed by atoms with Crippen LogP contribution in [0.15, 0.2) is 34.7 Å². The summed E-state index contributed by atoms with van der Waals surface area (Å²) >= 11 is 0. The Labute approximate surface area is 127 Å². The van der Waals surface area contributed by atoms with Crippen LogP contribution in [0.3, 0.4) is 0 Å². The Morgan fingerprint density at radius 2 is 2.00 bits per heavy atom. The van der Waals surface area contributed by atoms with Crippen LogP contribution in [0, 0.1) is 0 Å². The van der Waals surface area contributed by atoms with Crippen molar-refractivity contribution in [2.75, 3.05) is 6.54 Å². The van der Waals surface area contributed by atoms with Gasteiger partial charge in [-0.25, -0.2) is 0 Å². The summed E-state index contributed by atoms with van der Waals surface area (Å²) in [5, 5.41) is 3.48. The molecule has 112 valence electrons. The summed E-state index contributed by atoms with van der Waals surface area (Å²) in [6, 6.07) is 11.2. The van der Waals surface area contributed by atoms with Gasteiger partial charge in [-0.15, -0.1) is 0 Å². The number of hydrogen-bond acceptors (Lipinski definition) is 2. The maximum Gasteiger partial charge on any atom is 0.134 e. The summed E-state index contributed by atoms with van der Waals surface area (Å²) in [4.78, 5) is 0. The normalized spacial score (nSPS) is 15.7. The Kier molecular flexibility index (Phi) is 4.45. The molecule has 1 aromatic heterocycles. The second kappa shape index (κ2) is 6.48. The van der Waals surface area contributed by atoms with Gasteiger partial charge in [0, 0.05) is 5.56 Å². The van der Waals surface area contributed by atoms with Gasteiger partial charge in [-0.05, 0) is 68.8 Å². The third-order valence-corrected chi connectivity index (χ3v) is 4.42. The Bertz CT molecular complexity index is 599. The zero-order valence-electron chi connectivity index (χ0n) is 13.1. The van der Waals surface area contributed by atoms with Crippen LogP contribution in [0.1, 0.15) is 56.0 Å². The minimum absolute atomic E-state index is 0.276. The SMILES string of the molecule is CCCNC(C)c1ccc(-c2cccc3c2CCCC3)o1. The van der Waals surface area contributed by atoms with E-state index in [-0.39, 0.29) is 6.04 Å². The van der Waals surface area contributed by atoms with Crippen LogP contribution >= 0.6 is 0 Å². The second-order valence-corrected chi connectivity index (χ2v) is 6.03. The van der Waals surface area contributed by atoms with Gasteiger partial charge in [0.1, 0.15) is 11.5 Å². The highest BCUT2D eigenvalue weighted by Crippen LogP contribution is 2.33. The minimum Gasteiger partial charge on any atom is -0.459 e. The van der Waals surface area contributed by atoms with Crippen LogP contribution in [0.2, 0.25) is 0 Å².